The van der Waals surface area contributed by atoms with Gasteiger partial charge < -0.3 is 5.73 Å². The number of halogens is 2. The van der Waals surface area contributed by atoms with Crippen molar-refractivity contribution in [2.45, 2.75) is 6.92 Å². The fourth-order valence-electron chi connectivity index (χ4n) is 0.807. The van der Waals surface area contributed by atoms with Gasteiger partial charge in [0, 0.05) is 11.1 Å². The van der Waals surface area contributed by atoms with Gasteiger partial charge >= 0.3 is 0 Å². The van der Waals surface area contributed by atoms with Gasteiger partial charge in [0.05, 0.1) is 0 Å². The zero-order valence-corrected chi connectivity index (χ0v) is 6.20. The Labute approximate surface area is 63.8 Å². The quantitative estimate of drug-likeness (QED) is 0.621. The molecule has 2 rings (SSSR count). The molecule has 0 unspecified atom stereocenters. The highest BCUT2D eigenvalue weighted by atomic mass is 19.2. The zero-order chi connectivity index (χ0) is 8.43. The van der Waals surface area contributed by atoms with E-state index in [1.807, 2.05) is 6.92 Å². The van der Waals surface area contributed by atoms with Crippen molar-refractivity contribution in [2.75, 3.05) is 6.54 Å². The van der Waals surface area contributed by atoms with Crippen LogP contribution in [-0.2, 0) is 0 Å². The number of hydrogen-bond acceptors (Lipinski definition) is 1. The van der Waals surface area contributed by atoms with E-state index < -0.39 is 11.6 Å². The van der Waals surface area contributed by atoms with Gasteiger partial charge in [0.2, 0.25) is 0 Å². The molecule has 0 spiro atoms. The van der Waals surface area contributed by atoms with E-state index in [-0.39, 0.29) is 0 Å². The summed E-state index contributed by atoms with van der Waals surface area (Å²) in [5.74, 6) is -1.36. The van der Waals surface area contributed by atoms with Crippen LogP contribution < -0.4 is 5.73 Å². The van der Waals surface area contributed by atoms with Crippen LogP contribution in [0.25, 0.3) is 11.1 Å². The summed E-state index contributed by atoms with van der Waals surface area (Å²) in [6, 6.07) is 3.13. The van der Waals surface area contributed by atoms with Crippen molar-refractivity contribution in [1.29, 1.82) is 0 Å². The number of fused-ring (bicyclic) bond motifs is 1. The maximum absolute atomic E-state index is 12.0. The van der Waals surface area contributed by atoms with E-state index in [2.05, 4.69) is 0 Å². The van der Waals surface area contributed by atoms with Crippen LogP contribution in [0.5, 0.6) is 0 Å². The van der Waals surface area contributed by atoms with Crippen molar-refractivity contribution in [2.24, 2.45) is 5.73 Å². The van der Waals surface area contributed by atoms with Crippen LogP contribution in [0.1, 0.15) is 6.92 Å². The van der Waals surface area contributed by atoms with E-state index >= 15 is 0 Å². The van der Waals surface area contributed by atoms with Crippen LogP contribution in [0.2, 0.25) is 0 Å². The van der Waals surface area contributed by atoms with Crippen LogP contribution >= 0.6 is 0 Å². The zero-order valence-electron chi connectivity index (χ0n) is 6.20. The maximum atomic E-state index is 12.0. The molecule has 0 heterocycles. The number of rotatable bonds is 0. The lowest BCUT2D eigenvalue weighted by molar-refractivity contribution is 0.494. The Morgan fingerprint density at radius 2 is 1.45 bits per heavy atom. The van der Waals surface area contributed by atoms with Crippen LogP contribution in [0.15, 0.2) is 12.1 Å². The Morgan fingerprint density at radius 1 is 1.18 bits per heavy atom. The monoisotopic (exact) mass is 157 g/mol. The summed E-state index contributed by atoms with van der Waals surface area (Å²) < 4.78 is 24.0. The van der Waals surface area contributed by atoms with E-state index in [0.717, 1.165) is 6.54 Å². The Kier molecular flexibility index (Phi) is 2.19. The number of benzene rings is 1. The van der Waals surface area contributed by atoms with Crippen LogP contribution in [0.4, 0.5) is 8.78 Å². The molecule has 2 aliphatic rings. The highest BCUT2D eigenvalue weighted by molar-refractivity contribution is 5.77. The normalized spacial score (nSPS) is 10.2. The molecule has 0 fully saturated rings. The Bertz CT molecular complexity index is 244. The highest BCUT2D eigenvalue weighted by Crippen LogP contribution is 2.38. The Morgan fingerprint density at radius 3 is 1.55 bits per heavy atom. The lowest BCUT2D eigenvalue weighted by Gasteiger charge is -2.16. The third-order valence-electron chi connectivity index (χ3n) is 1.37. The van der Waals surface area contributed by atoms with Crippen LogP contribution in [0.3, 0.4) is 0 Å². The topological polar surface area (TPSA) is 26.0 Å². The van der Waals surface area contributed by atoms with Crippen LogP contribution in [-0.4, -0.2) is 6.54 Å². The largest absolute Gasteiger partial charge is 0.331 e. The molecule has 3 heteroatoms. The smallest absolute Gasteiger partial charge is 0.167 e. The van der Waals surface area contributed by atoms with Crippen LogP contribution in [0, 0.1) is 11.6 Å². The third kappa shape index (κ3) is 1.12. The first-order valence-electron chi connectivity index (χ1n) is 3.40. The summed E-state index contributed by atoms with van der Waals surface area (Å²) in [7, 11) is 0. The molecule has 0 aromatic rings. The summed E-state index contributed by atoms with van der Waals surface area (Å²) in [5.41, 5.74) is 5.74. The maximum Gasteiger partial charge on any atom is 0.167 e. The van der Waals surface area contributed by atoms with Crippen molar-refractivity contribution in [3.63, 3.8) is 0 Å². The molecule has 0 radical (unpaired) electrons. The van der Waals surface area contributed by atoms with Gasteiger partial charge in [-0.15, -0.1) is 0 Å². The first-order valence-corrected chi connectivity index (χ1v) is 3.40. The molecule has 0 aliphatic heterocycles. The first kappa shape index (κ1) is 8.14. The second-order valence-corrected chi connectivity index (χ2v) is 2.20. The van der Waals surface area contributed by atoms with Gasteiger partial charge in [0.15, 0.2) is 11.6 Å². The summed E-state index contributed by atoms with van der Waals surface area (Å²) >= 11 is 0. The minimum Gasteiger partial charge on any atom is -0.331 e. The van der Waals surface area contributed by atoms with Gasteiger partial charge in [-0.25, -0.2) is 8.78 Å². The molecule has 0 amide bonds. The molecule has 2 aliphatic carbocycles. The van der Waals surface area contributed by atoms with E-state index in [1.165, 1.54) is 0 Å². The van der Waals surface area contributed by atoms with E-state index in [9.17, 15) is 8.78 Å². The summed E-state index contributed by atoms with van der Waals surface area (Å²) in [5, 5.41) is 0. The Balaban J connectivity index is 0.000000179. The molecule has 0 saturated heterocycles. The highest BCUT2D eigenvalue weighted by Gasteiger charge is 2.25. The molecule has 1 nitrogen and oxygen atoms in total. The summed E-state index contributed by atoms with van der Waals surface area (Å²) in [6.45, 7) is 2.65. The SMILES string of the molecule is CCN.Fc1c2ccc-2c1F. The standard InChI is InChI=1S/C6H2F2.C2H7N/c7-5-3-1-2-4(3)6(5)8;1-2-3/h1-2H;2-3H2,1H3. The molecule has 0 atom stereocenters. The van der Waals surface area contributed by atoms with E-state index in [1.54, 1.807) is 12.1 Å². The molecule has 2 N–H and O–H groups in total. The average Bonchev–Trinajstić information content (AvgIpc) is 1.87. The third-order valence-corrected chi connectivity index (χ3v) is 1.37. The van der Waals surface area contributed by atoms with Crippen molar-refractivity contribution in [3.8, 4) is 11.1 Å². The fraction of sp³-hybridized carbons (Fsp3) is 0.250. The predicted molar refractivity (Wildman–Crippen MR) is 40.1 cm³/mol. The summed E-state index contributed by atoms with van der Waals surface area (Å²) in [4.78, 5) is 0. The van der Waals surface area contributed by atoms with Gasteiger partial charge in [-0.2, -0.15) is 0 Å². The molecule has 60 valence electrons. The molecule has 0 aromatic carbocycles. The van der Waals surface area contributed by atoms with Crippen molar-refractivity contribution >= 4 is 0 Å². The fourth-order valence-corrected chi connectivity index (χ4v) is 0.807. The average molecular weight is 157 g/mol. The van der Waals surface area contributed by atoms with Gasteiger partial charge in [-0.3, -0.25) is 0 Å². The summed E-state index contributed by atoms with van der Waals surface area (Å²) in [6.07, 6.45) is 0. The van der Waals surface area contributed by atoms with Gasteiger partial charge in [-0.1, -0.05) is 19.1 Å². The second-order valence-electron chi connectivity index (χ2n) is 2.20. The molecule has 0 aromatic heterocycles. The lowest BCUT2D eigenvalue weighted by Crippen LogP contribution is -2.03. The molecule has 11 heavy (non-hydrogen) atoms. The molecule has 0 saturated carbocycles. The molecule has 0 bridgehead atoms. The minimum absolute atomic E-state index is 0.447. The second kappa shape index (κ2) is 2.96. The van der Waals surface area contributed by atoms with Gasteiger partial charge in [0.1, 0.15) is 0 Å². The molecular formula is C8H9F2N. The predicted octanol–water partition coefficient (Wildman–Crippen LogP) is 1.91. The molecular weight excluding hydrogens is 148 g/mol. The number of nitrogens with two attached hydrogens (primary N) is 1. The first-order chi connectivity index (χ1) is 5.22. The Hall–Kier alpha value is -0.960. The van der Waals surface area contributed by atoms with Crippen molar-refractivity contribution < 1.29 is 8.78 Å². The van der Waals surface area contributed by atoms with Gasteiger partial charge in [-0.05, 0) is 6.54 Å². The van der Waals surface area contributed by atoms with Crippen molar-refractivity contribution in [3.05, 3.63) is 23.8 Å². The lowest BCUT2D eigenvalue weighted by atomic mass is 9.92. The van der Waals surface area contributed by atoms with Crippen molar-refractivity contribution in [1.82, 2.24) is 0 Å². The van der Waals surface area contributed by atoms with E-state index in [0.29, 0.717) is 11.1 Å². The van der Waals surface area contributed by atoms with Gasteiger partial charge in [0.25, 0.3) is 0 Å². The number of hydrogen-bond donors (Lipinski definition) is 1. The minimum atomic E-state index is -0.678. The van der Waals surface area contributed by atoms with E-state index in [4.69, 9.17) is 5.73 Å².